The molecule has 0 fully saturated rings. The Balaban J connectivity index is 2.15. The molecule has 0 aliphatic heterocycles. The van der Waals surface area contributed by atoms with Crippen LogP contribution in [0.1, 0.15) is 6.92 Å². The molecule has 0 bridgehead atoms. The number of para-hydroxylation sites is 1. The summed E-state index contributed by atoms with van der Waals surface area (Å²) >= 11 is 0. The van der Waals surface area contributed by atoms with Crippen molar-refractivity contribution in [2.24, 2.45) is 0 Å². The summed E-state index contributed by atoms with van der Waals surface area (Å²) in [7, 11) is 1.71. The number of ether oxygens (including phenoxy) is 2. The van der Waals surface area contributed by atoms with E-state index in [0.29, 0.717) is 6.61 Å². The van der Waals surface area contributed by atoms with Crippen LogP contribution in [0.15, 0.2) is 30.3 Å². The normalized spacial score (nSPS) is 11.9. The van der Waals surface area contributed by atoms with Crippen LogP contribution in [0.2, 0.25) is 0 Å². The maximum Gasteiger partial charge on any atom is 0.322 e. The fourth-order valence-corrected chi connectivity index (χ4v) is 1.06. The molecule has 0 heterocycles. The van der Waals surface area contributed by atoms with Crippen LogP contribution in [-0.4, -0.2) is 32.3 Å². The number of nitrogens with one attached hydrogen (secondary N) is 1. The van der Waals surface area contributed by atoms with E-state index < -0.39 is 0 Å². The fourth-order valence-electron chi connectivity index (χ4n) is 1.06. The molecule has 0 saturated carbocycles. The van der Waals surface area contributed by atoms with E-state index in [-0.39, 0.29) is 18.6 Å². The van der Waals surface area contributed by atoms with Gasteiger partial charge in [0.1, 0.15) is 25.0 Å². The highest BCUT2D eigenvalue weighted by Crippen LogP contribution is 2.07. The Kier molecular flexibility index (Phi) is 5.36. The number of likely N-dealkylation sites (N-methyl/N-ethyl adjacent to an activating group) is 1. The van der Waals surface area contributed by atoms with E-state index in [2.05, 4.69) is 5.32 Å². The lowest BCUT2D eigenvalue weighted by atomic mass is 10.3. The van der Waals surface area contributed by atoms with Crippen LogP contribution in [0.5, 0.6) is 5.75 Å². The number of rotatable bonds is 6. The van der Waals surface area contributed by atoms with Gasteiger partial charge < -0.3 is 14.8 Å². The summed E-state index contributed by atoms with van der Waals surface area (Å²) in [5, 5.41) is 2.81. The third-order valence-electron chi connectivity index (χ3n) is 2.13. The van der Waals surface area contributed by atoms with Gasteiger partial charge in [0.25, 0.3) is 0 Å². The van der Waals surface area contributed by atoms with E-state index >= 15 is 0 Å². The molecule has 1 N–H and O–H groups in total. The molecule has 16 heavy (non-hydrogen) atoms. The van der Waals surface area contributed by atoms with Gasteiger partial charge in [0.15, 0.2) is 0 Å². The van der Waals surface area contributed by atoms with E-state index in [9.17, 15) is 4.79 Å². The molecule has 1 unspecified atom stereocenters. The highest BCUT2D eigenvalue weighted by molar-refractivity contribution is 5.75. The third-order valence-corrected chi connectivity index (χ3v) is 2.13. The van der Waals surface area contributed by atoms with Gasteiger partial charge in [0.2, 0.25) is 0 Å². The Morgan fingerprint density at radius 2 is 2.00 bits per heavy atom. The van der Waals surface area contributed by atoms with Gasteiger partial charge in [0, 0.05) is 0 Å². The summed E-state index contributed by atoms with van der Waals surface area (Å²) in [4.78, 5) is 11.2. The summed E-state index contributed by atoms with van der Waals surface area (Å²) in [5.74, 6) is 0.513. The number of benzene rings is 1. The predicted octanol–water partition coefficient (Wildman–Crippen LogP) is 1.22. The van der Waals surface area contributed by atoms with E-state index in [4.69, 9.17) is 9.47 Å². The van der Waals surface area contributed by atoms with Gasteiger partial charge in [-0.1, -0.05) is 18.2 Å². The molecule has 4 nitrogen and oxygen atoms in total. The summed E-state index contributed by atoms with van der Waals surface area (Å²) < 4.78 is 10.4. The Hall–Kier alpha value is -1.55. The van der Waals surface area contributed by atoms with Crippen LogP contribution in [0.4, 0.5) is 0 Å². The Morgan fingerprint density at radius 1 is 1.31 bits per heavy atom. The van der Waals surface area contributed by atoms with Crippen LogP contribution < -0.4 is 10.1 Å². The molecule has 0 aliphatic rings. The number of hydrogen-bond acceptors (Lipinski definition) is 4. The summed E-state index contributed by atoms with van der Waals surface area (Å²) in [5.41, 5.74) is 0. The van der Waals surface area contributed by atoms with E-state index in [1.165, 1.54) is 0 Å². The molecule has 0 saturated heterocycles. The van der Waals surface area contributed by atoms with Gasteiger partial charge in [0.05, 0.1) is 0 Å². The first-order chi connectivity index (χ1) is 7.74. The van der Waals surface area contributed by atoms with Crippen molar-refractivity contribution in [1.82, 2.24) is 5.32 Å². The lowest BCUT2D eigenvalue weighted by Crippen LogP contribution is -2.33. The minimum absolute atomic E-state index is 0.264. The average Bonchev–Trinajstić information content (AvgIpc) is 2.34. The molecule has 1 aromatic rings. The van der Waals surface area contributed by atoms with Crippen molar-refractivity contribution in [2.45, 2.75) is 13.0 Å². The maximum absolute atomic E-state index is 11.2. The number of carbonyl (C=O) groups is 1. The van der Waals surface area contributed by atoms with Crippen molar-refractivity contribution < 1.29 is 14.3 Å². The number of carbonyl (C=O) groups excluding carboxylic acids is 1. The Bertz CT molecular complexity index is 313. The first-order valence-electron chi connectivity index (χ1n) is 5.26. The standard InChI is InChI=1S/C12H17NO3/c1-10(13-2)12(14)16-9-8-15-11-6-4-3-5-7-11/h3-7,10,13H,8-9H2,1-2H3. The summed E-state index contributed by atoms with van der Waals surface area (Å²) in [6.07, 6.45) is 0. The second-order valence-electron chi connectivity index (χ2n) is 3.34. The molecule has 1 aromatic carbocycles. The lowest BCUT2D eigenvalue weighted by molar-refractivity contribution is -0.146. The zero-order chi connectivity index (χ0) is 11.8. The van der Waals surface area contributed by atoms with E-state index in [0.717, 1.165) is 5.75 Å². The monoisotopic (exact) mass is 223 g/mol. The fraction of sp³-hybridized carbons (Fsp3) is 0.417. The first kappa shape index (κ1) is 12.5. The molecular formula is C12H17NO3. The highest BCUT2D eigenvalue weighted by atomic mass is 16.6. The van der Waals surface area contributed by atoms with Crippen LogP contribution in [-0.2, 0) is 9.53 Å². The first-order valence-corrected chi connectivity index (χ1v) is 5.26. The molecule has 0 spiro atoms. The van der Waals surface area contributed by atoms with Gasteiger partial charge in [-0.15, -0.1) is 0 Å². The minimum Gasteiger partial charge on any atom is -0.490 e. The van der Waals surface area contributed by atoms with Crippen molar-refractivity contribution in [3.63, 3.8) is 0 Å². The van der Waals surface area contributed by atoms with Gasteiger partial charge in [-0.25, -0.2) is 0 Å². The predicted molar refractivity (Wildman–Crippen MR) is 61.4 cm³/mol. The molecule has 0 aromatic heterocycles. The average molecular weight is 223 g/mol. The second kappa shape index (κ2) is 6.85. The van der Waals surface area contributed by atoms with Gasteiger partial charge in [-0.3, -0.25) is 4.79 Å². The van der Waals surface area contributed by atoms with Crippen molar-refractivity contribution >= 4 is 5.97 Å². The SMILES string of the molecule is CNC(C)C(=O)OCCOc1ccccc1. The van der Waals surface area contributed by atoms with Crippen LogP contribution in [0.3, 0.4) is 0 Å². The Labute approximate surface area is 95.6 Å². The largest absolute Gasteiger partial charge is 0.490 e. The third kappa shape index (κ3) is 4.31. The molecule has 1 atom stereocenters. The lowest BCUT2D eigenvalue weighted by Gasteiger charge is -2.10. The van der Waals surface area contributed by atoms with Crippen LogP contribution in [0, 0.1) is 0 Å². The highest BCUT2D eigenvalue weighted by Gasteiger charge is 2.10. The van der Waals surface area contributed by atoms with Crippen LogP contribution in [0.25, 0.3) is 0 Å². The summed E-state index contributed by atoms with van der Waals surface area (Å²) in [6.45, 7) is 2.38. The molecular weight excluding hydrogens is 206 g/mol. The van der Waals surface area contributed by atoms with Gasteiger partial charge in [-0.05, 0) is 26.1 Å². The molecule has 0 radical (unpaired) electrons. The van der Waals surface area contributed by atoms with E-state index in [1.807, 2.05) is 30.3 Å². The zero-order valence-corrected chi connectivity index (χ0v) is 9.60. The number of hydrogen-bond donors (Lipinski definition) is 1. The topological polar surface area (TPSA) is 47.6 Å². The minimum atomic E-state index is -0.281. The van der Waals surface area contributed by atoms with Crippen molar-refractivity contribution in [3.05, 3.63) is 30.3 Å². The van der Waals surface area contributed by atoms with Crippen molar-refractivity contribution in [3.8, 4) is 5.75 Å². The van der Waals surface area contributed by atoms with Crippen molar-refractivity contribution in [2.75, 3.05) is 20.3 Å². The molecule has 1 rings (SSSR count). The summed E-state index contributed by atoms with van der Waals surface area (Å²) in [6, 6.07) is 9.14. The maximum atomic E-state index is 11.2. The smallest absolute Gasteiger partial charge is 0.322 e. The molecule has 0 amide bonds. The zero-order valence-electron chi connectivity index (χ0n) is 9.60. The molecule has 4 heteroatoms. The van der Waals surface area contributed by atoms with Crippen LogP contribution >= 0.6 is 0 Å². The Morgan fingerprint density at radius 3 is 2.62 bits per heavy atom. The number of esters is 1. The van der Waals surface area contributed by atoms with Gasteiger partial charge in [-0.2, -0.15) is 0 Å². The molecule has 0 aliphatic carbocycles. The molecule has 88 valence electrons. The van der Waals surface area contributed by atoms with E-state index in [1.54, 1.807) is 14.0 Å². The quantitative estimate of drug-likeness (QED) is 0.582. The van der Waals surface area contributed by atoms with Gasteiger partial charge >= 0.3 is 5.97 Å². The second-order valence-corrected chi connectivity index (χ2v) is 3.34. The van der Waals surface area contributed by atoms with Crippen molar-refractivity contribution in [1.29, 1.82) is 0 Å².